The number of carbonyl (C=O) groups excluding carboxylic acids is 1. The highest BCUT2D eigenvalue weighted by atomic mass is 16.5. The Morgan fingerprint density at radius 1 is 1.10 bits per heavy atom. The molecule has 0 aromatic heterocycles. The molecule has 0 spiro atoms. The van der Waals surface area contributed by atoms with Crippen LogP contribution in [0.15, 0.2) is 53.5 Å². The Morgan fingerprint density at radius 3 is 2.52 bits per heavy atom. The molecule has 0 radical (unpaired) electrons. The Kier molecular flexibility index (Phi) is 3.44. The van der Waals surface area contributed by atoms with E-state index in [4.69, 9.17) is 4.74 Å². The molecule has 2 aromatic rings. The van der Waals surface area contributed by atoms with Gasteiger partial charge >= 0.3 is 0 Å². The number of fused-ring (bicyclic) bond motifs is 1. The maximum atomic E-state index is 12.0. The monoisotopic (exact) mass is 280 g/mol. The van der Waals surface area contributed by atoms with E-state index in [-0.39, 0.29) is 5.91 Å². The van der Waals surface area contributed by atoms with Crippen molar-refractivity contribution in [2.24, 2.45) is 4.99 Å². The molecule has 1 atom stereocenters. The number of hydrogen-bond acceptors (Lipinski definition) is 3. The standard InChI is InChI=1S/C17H16N2O2/c1-11-17(20)19-15-6-4-3-5-14(15)16(18-11)12-7-9-13(21-2)10-8-12/h3-11H,1-2H3,(H,19,20). The number of hydrogen-bond donors (Lipinski definition) is 1. The molecular weight excluding hydrogens is 264 g/mol. The first kappa shape index (κ1) is 13.4. The average molecular weight is 280 g/mol. The number of carbonyl (C=O) groups is 1. The van der Waals surface area contributed by atoms with Crippen LogP contribution < -0.4 is 10.1 Å². The summed E-state index contributed by atoms with van der Waals surface area (Å²) in [5, 5.41) is 2.92. The maximum absolute atomic E-state index is 12.0. The normalized spacial score (nSPS) is 17.3. The smallest absolute Gasteiger partial charge is 0.248 e. The Hall–Kier alpha value is -2.62. The molecule has 1 heterocycles. The summed E-state index contributed by atoms with van der Waals surface area (Å²) in [6, 6.07) is 15.0. The molecule has 0 aliphatic carbocycles. The summed E-state index contributed by atoms with van der Waals surface area (Å²) < 4.78 is 5.18. The van der Waals surface area contributed by atoms with Crippen LogP contribution in [-0.2, 0) is 4.79 Å². The fourth-order valence-corrected chi connectivity index (χ4v) is 2.34. The van der Waals surface area contributed by atoms with E-state index in [1.54, 1.807) is 14.0 Å². The summed E-state index contributed by atoms with van der Waals surface area (Å²) in [6.07, 6.45) is 0. The third kappa shape index (κ3) is 2.52. The van der Waals surface area contributed by atoms with Gasteiger partial charge in [-0.3, -0.25) is 9.79 Å². The number of para-hydroxylation sites is 1. The molecule has 3 rings (SSSR count). The van der Waals surface area contributed by atoms with E-state index in [1.807, 2.05) is 48.5 Å². The molecule has 1 aliphatic rings. The van der Waals surface area contributed by atoms with Crippen LogP contribution in [0.3, 0.4) is 0 Å². The Morgan fingerprint density at radius 2 is 1.81 bits per heavy atom. The zero-order chi connectivity index (χ0) is 14.8. The van der Waals surface area contributed by atoms with Crippen LogP contribution in [0.4, 0.5) is 5.69 Å². The van der Waals surface area contributed by atoms with E-state index >= 15 is 0 Å². The lowest BCUT2D eigenvalue weighted by atomic mass is 10.0. The number of rotatable bonds is 2. The SMILES string of the molecule is COc1ccc(C2=NC(C)C(=O)Nc3ccccc32)cc1. The van der Waals surface area contributed by atoms with Gasteiger partial charge in [-0.05, 0) is 37.3 Å². The van der Waals surface area contributed by atoms with Crippen LogP contribution in [0.2, 0.25) is 0 Å². The molecule has 4 nitrogen and oxygen atoms in total. The van der Waals surface area contributed by atoms with Crippen molar-refractivity contribution in [2.45, 2.75) is 13.0 Å². The van der Waals surface area contributed by atoms with Gasteiger partial charge in [-0.25, -0.2) is 0 Å². The molecule has 0 saturated carbocycles. The van der Waals surface area contributed by atoms with Crippen molar-refractivity contribution in [1.29, 1.82) is 0 Å². The third-order valence-electron chi connectivity index (χ3n) is 3.51. The molecule has 1 N–H and O–H groups in total. The number of anilines is 1. The van der Waals surface area contributed by atoms with Gasteiger partial charge < -0.3 is 10.1 Å². The number of aliphatic imine (C=N–C) groups is 1. The molecule has 1 unspecified atom stereocenters. The quantitative estimate of drug-likeness (QED) is 0.919. The van der Waals surface area contributed by atoms with Crippen molar-refractivity contribution in [3.05, 3.63) is 59.7 Å². The number of amides is 1. The number of methoxy groups -OCH3 is 1. The second-order valence-electron chi connectivity index (χ2n) is 4.92. The van der Waals surface area contributed by atoms with Gasteiger partial charge in [0.05, 0.1) is 18.5 Å². The summed E-state index contributed by atoms with van der Waals surface area (Å²) in [5.41, 5.74) is 3.51. The van der Waals surface area contributed by atoms with Crippen LogP contribution in [0, 0.1) is 0 Å². The summed E-state index contributed by atoms with van der Waals surface area (Å²) in [4.78, 5) is 16.6. The highest BCUT2D eigenvalue weighted by Gasteiger charge is 2.22. The highest BCUT2D eigenvalue weighted by molar-refractivity contribution is 6.19. The zero-order valence-corrected chi connectivity index (χ0v) is 12.0. The van der Waals surface area contributed by atoms with Gasteiger partial charge in [-0.2, -0.15) is 0 Å². The van der Waals surface area contributed by atoms with Crippen molar-refractivity contribution >= 4 is 17.3 Å². The molecule has 1 aliphatic heterocycles. The van der Waals surface area contributed by atoms with Crippen LogP contribution in [0.1, 0.15) is 18.1 Å². The van der Waals surface area contributed by atoms with Crippen LogP contribution in [-0.4, -0.2) is 24.8 Å². The van der Waals surface area contributed by atoms with Gasteiger partial charge in [0.2, 0.25) is 5.91 Å². The van der Waals surface area contributed by atoms with Gasteiger partial charge in [-0.1, -0.05) is 18.2 Å². The van der Waals surface area contributed by atoms with Gasteiger partial charge in [0.1, 0.15) is 11.8 Å². The number of nitrogens with zero attached hydrogens (tertiary/aromatic N) is 1. The van der Waals surface area contributed by atoms with Crippen LogP contribution >= 0.6 is 0 Å². The third-order valence-corrected chi connectivity index (χ3v) is 3.51. The average Bonchev–Trinajstić information content (AvgIpc) is 2.65. The van der Waals surface area contributed by atoms with Gasteiger partial charge in [-0.15, -0.1) is 0 Å². The number of nitrogens with one attached hydrogen (secondary N) is 1. The van der Waals surface area contributed by atoms with Crippen molar-refractivity contribution < 1.29 is 9.53 Å². The van der Waals surface area contributed by atoms with E-state index in [0.29, 0.717) is 0 Å². The van der Waals surface area contributed by atoms with Gasteiger partial charge in [0.25, 0.3) is 0 Å². The predicted molar refractivity (Wildman–Crippen MR) is 83.2 cm³/mol. The summed E-state index contributed by atoms with van der Waals surface area (Å²) in [6.45, 7) is 1.80. The zero-order valence-electron chi connectivity index (χ0n) is 12.0. The molecule has 0 bridgehead atoms. The first-order chi connectivity index (χ1) is 10.2. The van der Waals surface area contributed by atoms with E-state index in [0.717, 1.165) is 28.3 Å². The van der Waals surface area contributed by atoms with E-state index in [9.17, 15) is 4.79 Å². The number of benzene rings is 2. The molecule has 2 aromatic carbocycles. The second-order valence-corrected chi connectivity index (χ2v) is 4.92. The molecule has 4 heteroatoms. The molecule has 0 saturated heterocycles. The molecular formula is C17H16N2O2. The van der Waals surface area contributed by atoms with Crippen LogP contribution in [0.25, 0.3) is 0 Å². The minimum atomic E-state index is -0.422. The van der Waals surface area contributed by atoms with E-state index in [1.165, 1.54) is 0 Å². The maximum Gasteiger partial charge on any atom is 0.248 e. The minimum absolute atomic E-state index is 0.0917. The number of benzodiazepines with no additional fused rings is 1. The fraction of sp³-hybridized carbons (Fsp3) is 0.176. The van der Waals surface area contributed by atoms with Crippen molar-refractivity contribution in [3.63, 3.8) is 0 Å². The van der Waals surface area contributed by atoms with Crippen molar-refractivity contribution in [3.8, 4) is 5.75 Å². The minimum Gasteiger partial charge on any atom is -0.497 e. The number of ether oxygens (including phenoxy) is 1. The lowest BCUT2D eigenvalue weighted by Crippen LogP contribution is -2.22. The van der Waals surface area contributed by atoms with Gasteiger partial charge in [0, 0.05) is 11.1 Å². The highest BCUT2D eigenvalue weighted by Crippen LogP contribution is 2.24. The van der Waals surface area contributed by atoms with Crippen molar-refractivity contribution in [1.82, 2.24) is 0 Å². The Bertz CT molecular complexity index is 705. The summed E-state index contributed by atoms with van der Waals surface area (Å²) >= 11 is 0. The fourth-order valence-electron chi connectivity index (χ4n) is 2.34. The molecule has 1 amide bonds. The second kappa shape index (κ2) is 5.40. The van der Waals surface area contributed by atoms with Crippen LogP contribution in [0.5, 0.6) is 5.75 Å². The van der Waals surface area contributed by atoms with Crippen molar-refractivity contribution in [2.75, 3.05) is 12.4 Å². The molecule has 0 fully saturated rings. The predicted octanol–water partition coefficient (Wildman–Crippen LogP) is 2.87. The van der Waals surface area contributed by atoms with E-state index < -0.39 is 6.04 Å². The van der Waals surface area contributed by atoms with E-state index in [2.05, 4.69) is 10.3 Å². The van der Waals surface area contributed by atoms with Gasteiger partial charge in [0.15, 0.2) is 0 Å². The first-order valence-corrected chi connectivity index (χ1v) is 6.81. The summed E-state index contributed by atoms with van der Waals surface area (Å²) in [5.74, 6) is 0.703. The Balaban J connectivity index is 2.13. The first-order valence-electron chi connectivity index (χ1n) is 6.81. The lowest BCUT2D eigenvalue weighted by Gasteiger charge is -2.10. The Labute approximate surface area is 123 Å². The molecule has 106 valence electrons. The largest absolute Gasteiger partial charge is 0.497 e. The topological polar surface area (TPSA) is 50.7 Å². The summed E-state index contributed by atoms with van der Waals surface area (Å²) in [7, 11) is 1.64. The molecule has 21 heavy (non-hydrogen) atoms. The lowest BCUT2D eigenvalue weighted by molar-refractivity contribution is -0.116.